The average molecular weight is 461 g/mol. The van der Waals surface area contributed by atoms with Crippen LogP contribution in [-0.2, 0) is 10.2 Å². The van der Waals surface area contributed by atoms with Crippen molar-refractivity contribution in [2.24, 2.45) is 0 Å². The highest BCUT2D eigenvalue weighted by Gasteiger charge is 2.45. The van der Waals surface area contributed by atoms with E-state index < -0.39 is 11.4 Å². The normalized spacial score (nSPS) is 14.7. The minimum atomic E-state index is -0.691. The molecule has 0 amide bonds. The van der Waals surface area contributed by atoms with E-state index in [0.717, 1.165) is 56.6 Å². The number of benzene rings is 2. The van der Waals surface area contributed by atoms with Gasteiger partial charge in [-0.1, -0.05) is 74.0 Å². The van der Waals surface area contributed by atoms with E-state index in [9.17, 15) is 9.90 Å². The molecule has 0 aliphatic heterocycles. The van der Waals surface area contributed by atoms with Gasteiger partial charge >= 0.3 is 5.97 Å². The molecular weight excluding hydrogens is 424 g/mol. The monoisotopic (exact) mass is 460 g/mol. The largest absolute Gasteiger partial charge is 0.481 e. The highest BCUT2D eigenvalue weighted by molar-refractivity contribution is 5.82. The van der Waals surface area contributed by atoms with E-state index >= 15 is 0 Å². The van der Waals surface area contributed by atoms with Crippen LogP contribution >= 0.6 is 0 Å². The number of hydrogen-bond acceptors (Lipinski definition) is 5. The van der Waals surface area contributed by atoms with Crippen molar-refractivity contribution in [3.05, 3.63) is 90.1 Å². The Morgan fingerprint density at radius 2 is 1.76 bits per heavy atom. The Hall–Kier alpha value is -3.38. The molecule has 1 fully saturated rings. The number of carboxylic acid groups (broad SMARTS) is 1. The molecule has 2 aromatic carbocycles. The molecule has 180 valence electrons. The number of anilines is 2. The second-order valence-corrected chi connectivity index (χ2v) is 8.84. The maximum Gasteiger partial charge on any atom is 0.314 e. The van der Waals surface area contributed by atoms with Gasteiger partial charge in [0.2, 0.25) is 0 Å². The summed E-state index contributed by atoms with van der Waals surface area (Å²) in [5, 5.41) is 16.4. The highest BCUT2D eigenvalue weighted by atomic mass is 16.4. The molecule has 1 aromatic heterocycles. The van der Waals surface area contributed by atoms with E-state index in [2.05, 4.69) is 34.7 Å². The fourth-order valence-electron chi connectivity index (χ4n) is 4.12. The lowest BCUT2D eigenvalue weighted by molar-refractivity contribution is -0.147. The molecule has 3 aromatic rings. The van der Waals surface area contributed by atoms with Crippen molar-refractivity contribution in [1.82, 2.24) is 10.3 Å². The van der Waals surface area contributed by atoms with Crippen LogP contribution in [0.5, 0.6) is 0 Å². The first-order valence-electron chi connectivity index (χ1n) is 12.0. The van der Waals surface area contributed by atoms with Crippen molar-refractivity contribution in [1.29, 1.82) is 0 Å². The van der Waals surface area contributed by atoms with Crippen LogP contribution in [0.4, 0.5) is 11.5 Å². The average Bonchev–Trinajstić information content (AvgIpc) is 2.83. The first-order valence-corrected chi connectivity index (χ1v) is 12.0. The van der Waals surface area contributed by atoms with E-state index in [-0.39, 0.29) is 0 Å². The number of aromatic nitrogens is 1. The quantitative estimate of drug-likeness (QED) is 0.316. The number of nitrogens with one attached hydrogen (secondary N) is 2. The fourth-order valence-corrected chi connectivity index (χ4v) is 4.12. The topological polar surface area (TPSA) is 100 Å². The van der Waals surface area contributed by atoms with E-state index in [1.807, 2.05) is 60.7 Å². The van der Waals surface area contributed by atoms with Gasteiger partial charge in [0.05, 0.1) is 11.1 Å². The molecule has 1 saturated carbocycles. The SMILES string of the molecule is CC(CNCCCNc1cccnc1N)c1cccc(C2(C(=O)O)CCC2)c1.c1ccccc1. The number of pyridine rings is 1. The van der Waals surface area contributed by atoms with Crippen LogP contribution < -0.4 is 16.4 Å². The Morgan fingerprint density at radius 1 is 1.06 bits per heavy atom. The molecule has 5 N–H and O–H groups in total. The molecular formula is C28H36N4O2. The molecule has 0 bridgehead atoms. The van der Waals surface area contributed by atoms with Crippen molar-refractivity contribution in [3.63, 3.8) is 0 Å². The van der Waals surface area contributed by atoms with Crippen molar-refractivity contribution in [2.75, 3.05) is 30.7 Å². The van der Waals surface area contributed by atoms with Crippen LogP contribution in [0.15, 0.2) is 79.0 Å². The maximum atomic E-state index is 11.8. The number of nitrogens with zero attached hydrogens (tertiary/aromatic N) is 1. The Bertz CT molecular complexity index is 995. The van der Waals surface area contributed by atoms with Gasteiger partial charge in [0.25, 0.3) is 0 Å². The van der Waals surface area contributed by atoms with Gasteiger partial charge in [-0.2, -0.15) is 0 Å². The zero-order valence-electron chi connectivity index (χ0n) is 19.9. The number of hydrogen-bond donors (Lipinski definition) is 4. The zero-order valence-corrected chi connectivity index (χ0v) is 19.9. The number of aliphatic carboxylic acids is 1. The molecule has 6 heteroatoms. The third kappa shape index (κ3) is 6.81. The highest BCUT2D eigenvalue weighted by Crippen LogP contribution is 2.44. The van der Waals surface area contributed by atoms with Crippen LogP contribution in [0, 0.1) is 0 Å². The molecule has 0 saturated heterocycles. The van der Waals surface area contributed by atoms with Crippen LogP contribution in [-0.4, -0.2) is 35.7 Å². The van der Waals surface area contributed by atoms with Gasteiger partial charge in [-0.15, -0.1) is 0 Å². The van der Waals surface area contributed by atoms with Gasteiger partial charge < -0.3 is 21.5 Å². The summed E-state index contributed by atoms with van der Waals surface area (Å²) in [6.45, 7) is 4.76. The van der Waals surface area contributed by atoms with E-state index in [1.54, 1.807) is 6.20 Å². The van der Waals surface area contributed by atoms with Crippen LogP contribution in [0.25, 0.3) is 0 Å². The second-order valence-electron chi connectivity index (χ2n) is 8.84. The smallest absolute Gasteiger partial charge is 0.314 e. The summed E-state index contributed by atoms with van der Waals surface area (Å²) < 4.78 is 0. The lowest BCUT2D eigenvalue weighted by atomic mass is 9.64. The number of nitrogen functional groups attached to an aromatic ring is 1. The minimum Gasteiger partial charge on any atom is -0.481 e. The molecule has 0 spiro atoms. The molecule has 4 rings (SSSR count). The second kappa shape index (κ2) is 12.8. The Balaban J connectivity index is 0.000000469. The number of rotatable bonds is 10. The van der Waals surface area contributed by atoms with Gasteiger partial charge in [0.1, 0.15) is 5.82 Å². The summed E-state index contributed by atoms with van der Waals surface area (Å²) in [6, 6.07) is 23.9. The first kappa shape index (κ1) is 25.2. The summed E-state index contributed by atoms with van der Waals surface area (Å²) in [6.07, 6.45) is 5.14. The molecule has 0 radical (unpaired) electrons. The van der Waals surface area contributed by atoms with E-state index in [4.69, 9.17) is 5.73 Å². The third-order valence-electron chi connectivity index (χ3n) is 6.43. The Labute approximate surface area is 202 Å². The summed E-state index contributed by atoms with van der Waals surface area (Å²) in [5.74, 6) is 0.158. The Kier molecular flexibility index (Phi) is 9.47. The first-order chi connectivity index (χ1) is 16.5. The lowest BCUT2D eigenvalue weighted by Crippen LogP contribution is -2.42. The van der Waals surface area contributed by atoms with Gasteiger partial charge in [-0.25, -0.2) is 4.98 Å². The molecule has 1 atom stereocenters. The lowest BCUT2D eigenvalue weighted by Gasteiger charge is -2.38. The molecule has 1 heterocycles. The zero-order chi connectivity index (χ0) is 24.2. The standard InChI is InChI=1S/C22H30N4O2.C6H6/c1-16(15-24-11-5-13-25-19-8-3-12-26-20(19)23)17-6-2-7-18(14-17)22(21(27)28)9-4-10-22;1-2-4-6-5-3-1/h2-3,6-8,12,14,16,24-25H,4-5,9-11,13,15H2,1H3,(H2,23,26)(H,27,28);1-6H. The van der Waals surface area contributed by atoms with Gasteiger partial charge in [0, 0.05) is 19.3 Å². The summed E-state index contributed by atoms with van der Waals surface area (Å²) in [4.78, 5) is 15.8. The van der Waals surface area contributed by atoms with E-state index in [0.29, 0.717) is 11.7 Å². The van der Waals surface area contributed by atoms with Crippen molar-refractivity contribution in [3.8, 4) is 0 Å². The molecule has 1 aliphatic carbocycles. The van der Waals surface area contributed by atoms with Crippen LogP contribution in [0.3, 0.4) is 0 Å². The molecule has 34 heavy (non-hydrogen) atoms. The fraction of sp³-hybridized carbons (Fsp3) is 0.357. The molecule has 1 unspecified atom stereocenters. The maximum absolute atomic E-state index is 11.8. The van der Waals surface area contributed by atoms with Gasteiger partial charge in [-0.05, 0) is 55.0 Å². The molecule has 6 nitrogen and oxygen atoms in total. The predicted octanol–water partition coefficient (Wildman–Crippen LogP) is 5.05. The molecule has 1 aliphatic rings. The third-order valence-corrected chi connectivity index (χ3v) is 6.43. The number of carboxylic acids is 1. The minimum absolute atomic E-state index is 0.327. The van der Waals surface area contributed by atoms with Crippen LogP contribution in [0.2, 0.25) is 0 Å². The number of nitrogens with two attached hydrogens (primary N) is 1. The van der Waals surface area contributed by atoms with E-state index in [1.165, 1.54) is 5.56 Å². The summed E-state index contributed by atoms with van der Waals surface area (Å²) in [5.41, 5.74) is 8.17. The summed E-state index contributed by atoms with van der Waals surface area (Å²) in [7, 11) is 0. The van der Waals surface area contributed by atoms with Crippen LogP contribution in [0.1, 0.15) is 49.7 Å². The van der Waals surface area contributed by atoms with Crippen molar-refractivity contribution in [2.45, 2.75) is 43.9 Å². The predicted molar refractivity (Wildman–Crippen MR) is 139 cm³/mol. The summed E-state index contributed by atoms with van der Waals surface area (Å²) >= 11 is 0. The Morgan fingerprint density at radius 3 is 2.35 bits per heavy atom. The van der Waals surface area contributed by atoms with Gasteiger partial charge in [0.15, 0.2) is 0 Å². The van der Waals surface area contributed by atoms with Crippen molar-refractivity contribution >= 4 is 17.5 Å². The van der Waals surface area contributed by atoms with Crippen molar-refractivity contribution < 1.29 is 9.90 Å². The van der Waals surface area contributed by atoms with Gasteiger partial charge in [-0.3, -0.25) is 4.79 Å². The number of carbonyl (C=O) groups is 1.